The summed E-state index contributed by atoms with van der Waals surface area (Å²) < 4.78 is 68.5. The summed E-state index contributed by atoms with van der Waals surface area (Å²) in [7, 11) is -9.96. The molecule has 0 heterocycles. The van der Waals surface area contributed by atoms with Gasteiger partial charge >= 0.3 is 39.5 Å². The van der Waals surface area contributed by atoms with Crippen LogP contribution in [0.1, 0.15) is 336 Å². The topological polar surface area (TPSA) is 237 Å². The SMILES string of the molecule is CC/C=C\C/C=C\C/C=C\C/C=C\CCCCCCCCC(=O)OCC(COP(=O)(O)OCC(O)COP(=O)(O)OCC(COC(=O)CCCCCCCC/C=C\C/C=C\C/C=C\CCCCC)OC(=O)CCCCCCC/C=C\CCCCCC)OC(=O)CCCCCCC/C=C\CCCC. The van der Waals surface area contributed by atoms with Gasteiger partial charge < -0.3 is 33.8 Å². The molecule has 0 aliphatic heterocycles. The number of ether oxygens (including phenoxy) is 4. The van der Waals surface area contributed by atoms with E-state index in [1.807, 2.05) is 0 Å². The lowest BCUT2D eigenvalue weighted by molar-refractivity contribution is -0.161. The van der Waals surface area contributed by atoms with Crippen molar-refractivity contribution in [3.63, 3.8) is 0 Å². The molecular weight excluding hydrogens is 1330 g/mol. The lowest BCUT2D eigenvalue weighted by Crippen LogP contribution is -2.30. The lowest BCUT2D eigenvalue weighted by atomic mass is 10.1. The zero-order chi connectivity index (χ0) is 74.6. The van der Waals surface area contributed by atoms with Crippen molar-refractivity contribution in [3.05, 3.63) is 109 Å². The van der Waals surface area contributed by atoms with Crippen LogP contribution < -0.4 is 0 Å². The maximum absolute atomic E-state index is 13.1. The molecule has 0 rings (SSSR count). The lowest BCUT2D eigenvalue weighted by Gasteiger charge is -2.21. The highest BCUT2D eigenvalue weighted by Gasteiger charge is 2.30. The van der Waals surface area contributed by atoms with Gasteiger partial charge in [0.05, 0.1) is 26.4 Å². The Kier molecular flexibility index (Phi) is 71.8. The third-order valence-corrected chi connectivity index (χ3v) is 18.6. The second-order valence-corrected chi connectivity index (χ2v) is 29.5. The van der Waals surface area contributed by atoms with E-state index in [9.17, 15) is 43.2 Å². The van der Waals surface area contributed by atoms with E-state index in [1.54, 1.807) is 0 Å². The van der Waals surface area contributed by atoms with Gasteiger partial charge in [-0.25, -0.2) is 9.13 Å². The van der Waals surface area contributed by atoms with Crippen LogP contribution in [0.4, 0.5) is 0 Å². The molecule has 5 atom stereocenters. The third kappa shape index (κ3) is 74.0. The summed E-state index contributed by atoms with van der Waals surface area (Å²) >= 11 is 0. The molecule has 0 aromatic rings. The summed E-state index contributed by atoms with van der Waals surface area (Å²) in [4.78, 5) is 72.9. The summed E-state index contributed by atoms with van der Waals surface area (Å²) in [6, 6.07) is 0. The minimum absolute atomic E-state index is 0.0800. The first-order valence-corrected chi connectivity index (χ1v) is 43.1. The number of aliphatic hydroxyl groups is 1. The molecule has 588 valence electrons. The van der Waals surface area contributed by atoms with Crippen LogP contribution >= 0.6 is 15.6 Å². The smallest absolute Gasteiger partial charge is 0.462 e. The third-order valence-electron chi connectivity index (χ3n) is 16.7. The van der Waals surface area contributed by atoms with Gasteiger partial charge in [-0.3, -0.25) is 37.3 Å². The van der Waals surface area contributed by atoms with E-state index < -0.39 is 97.5 Å². The average molecular weight is 1480 g/mol. The minimum Gasteiger partial charge on any atom is -0.462 e. The van der Waals surface area contributed by atoms with Crippen LogP contribution in [-0.2, 0) is 65.4 Å². The van der Waals surface area contributed by atoms with E-state index in [1.165, 1.54) is 57.8 Å². The largest absolute Gasteiger partial charge is 0.472 e. The van der Waals surface area contributed by atoms with E-state index in [0.717, 1.165) is 199 Å². The van der Waals surface area contributed by atoms with Crippen LogP contribution in [-0.4, -0.2) is 96.7 Å². The van der Waals surface area contributed by atoms with Gasteiger partial charge in [-0.15, -0.1) is 0 Å². The van der Waals surface area contributed by atoms with Gasteiger partial charge in [-0.05, 0) is 148 Å². The van der Waals surface area contributed by atoms with Gasteiger partial charge in [0.25, 0.3) is 0 Å². The number of aliphatic hydroxyl groups excluding tert-OH is 1. The van der Waals surface area contributed by atoms with Gasteiger partial charge in [-0.1, -0.05) is 272 Å². The maximum atomic E-state index is 13.1. The Hall–Kier alpha value is -4.28. The van der Waals surface area contributed by atoms with E-state index in [-0.39, 0.29) is 25.7 Å². The van der Waals surface area contributed by atoms with E-state index in [4.69, 9.17) is 37.0 Å². The highest BCUT2D eigenvalue weighted by atomic mass is 31.2. The van der Waals surface area contributed by atoms with Gasteiger partial charge in [0, 0.05) is 25.7 Å². The predicted octanol–water partition coefficient (Wildman–Crippen LogP) is 23.3. The van der Waals surface area contributed by atoms with E-state index in [0.29, 0.717) is 25.7 Å². The molecule has 0 spiro atoms. The number of hydrogen-bond acceptors (Lipinski definition) is 15. The second-order valence-electron chi connectivity index (χ2n) is 26.6. The zero-order valence-electron chi connectivity index (χ0n) is 64.3. The minimum atomic E-state index is -4.98. The number of phosphoric acid groups is 2. The number of phosphoric ester groups is 2. The number of allylic oxidation sites excluding steroid dienone is 18. The molecule has 3 N–H and O–H groups in total. The van der Waals surface area contributed by atoms with Gasteiger partial charge in [0.2, 0.25) is 0 Å². The normalized spacial score (nSPS) is 14.5. The summed E-state index contributed by atoms with van der Waals surface area (Å²) in [5.41, 5.74) is 0. The summed E-state index contributed by atoms with van der Waals surface area (Å²) in [5.74, 6) is -2.21. The molecule has 0 radical (unpaired) electrons. The Morgan fingerprint density at radius 1 is 0.284 bits per heavy atom. The van der Waals surface area contributed by atoms with E-state index in [2.05, 4.69) is 137 Å². The standard InChI is InChI=1S/C83H144O17P2/c1-5-9-13-17-21-25-29-32-34-36-38-40-42-45-48-51-55-59-63-67-80(85)93-73-78(99-82(87)69-65-61-57-53-47-28-24-20-16-12-8-4)75-97-101(89,90)95-71-77(84)72-96-102(91,92)98-76-79(100-83(88)70-66-62-58-54-50-44-31-27-23-19-15-11-7-3)74-94-81(86)68-64-60-56-52-49-46-43-41-39-37-35-33-30-26-22-18-14-10-6-2/h9,13,20-22,24-27,31-35,38-41,77-79,84H,5-8,10-12,14-19,23,28-30,36-37,42-76H2,1-4H3,(H,89,90)(H,91,92)/b13-9-,24-20-,25-21-,26-22-,31-27-,34-32-,35-33-,40-38-,41-39-. The van der Waals surface area contributed by atoms with Crippen molar-refractivity contribution in [2.24, 2.45) is 0 Å². The number of rotatable bonds is 75. The zero-order valence-corrected chi connectivity index (χ0v) is 66.0. The fourth-order valence-electron chi connectivity index (χ4n) is 10.5. The maximum Gasteiger partial charge on any atom is 0.472 e. The fourth-order valence-corrected chi connectivity index (χ4v) is 12.1. The van der Waals surface area contributed by atoms with Crippen LogP contribution in [0.3, 0.4) is 0 Å². The van der Waals surface area contributed by atoms with Crippen molar-refractivity contribution < 1.29 is 80.2 Å². The Labute approximate surface area is 619 Å². The fraction of sp³-hybridized carbons (Fsp3) is 0.735. The molecule has 0 amide bonds. The van der Waals surface area contributed by atoms with Crippen LogP contribution in [0.25, 0.3) is 0 Å². The number of unbranched alkanes of at least 4 members (excludes halogenated alkanes) is 31. The van der Waals surface area contributed by atoms with Crippen molar-refractivity contribution in [1.82, 2.24) is 0 Å². The number of hydrogen-bond donors (Lipinski definition) is 3. The Morgan fingerprint density at radius 2 is 0.520 bits per heavy atom. The van der Waals surface area contributed by atoms with Crippen LogP contribution in [0, 0.1) is 0 Å². The van der Waals surface area contributed by atoms with Crippen molar-refractivity contribution in [2.75, 3.05) is 39.6 Å². The molecule has 5 unspecified atom stereocenters. The van der Waals surface area contributed by atoms with E-state index >= 15 is 0 Å². The monoisotopic (exact) mass is 1470 g/mol. The molecule has 102 heavy (non-hydrogen) atoms. The van der Waals surface area contributed by atoms with Crippen LogP contribution in [0.2, 0.25) is 0 Å². The van der Waals surface area contributed by atoms with Gasteiger partial charge in [-0.2, -0.15) is 0 Å². The Bertz CT molecular complexity index is 2360. The first-order chi connectivity index (χ1) is 49.7. The molecule has 0 fully saturated rings. The molecule has 17 nitrogen and oxygen atoms in total. The van der Waals surface area contributed by atoms with Gasteiger partial charge in [0.1, 0.15) is 19.3 Å². The molecule has 0 aromatic carbocycles. The van der Waals surface area contributed by atoms with Crippen molar-refractivity contribution in [3.8, 4) is 0 Å². The quantitative estimate of drug-likeness (QED) is 0.0169. The average Bonchev–Trinajstić information content (AvgIpc) is 0.928. The molecule has 0 aliphatic rings. The van der Waals surface area contributed by atoms with Crippen molar-refractivity contribution in [2.45, 2.75) is 354 Å². The Balaban J connectivity index is 5.31. The highest BCUT2D eigenvalue weighted by Crippen LogP contribution is 2.45. The predicted molar refractivity (Wildman–Crippen MR) is 418 cm³/mol. The number of carbonyl (C=O) groups is 4. The van der Waals surface area contributed by atoms with Crippen molar-refractivity contribution >= 4 is 39.5 Å². The van der Waals surface area contributed by atoms with Crippen molar-refractivity contribution in [1.29, 1.82) is 0 Å². The summed E-state index contributed by atoms with van der Waals surface area (Å²) in [6.07, 6.45) is 80.7. The molecule has 0 aliphatic carbocycles. The van der Waals surface area contributed by atoms with Crippen LogP contribution in [0.5, 0.6) is 0 Å². The van der Waals surface area contributed by atoms with Gasteiger partial charge in [0.15, 0.2) is 12.2 Å². The van der Waals surface area contributed by atoms with Crippen LogP contribution in [0.15, 0.2) is 109 Å². The first kappa shape index (κ1) is 97.7. The molecule has 0 saturated heterocycles. The highest BCUT2D eigenvalue weighted by molar-refractivity contribution is 7.47. The number of carbonyl (C=O) groups excluding carboxylic acids is 4. The summed E-state index contributed by atoms with van der Waals surface area (Å²) in [6.45, 7) is 4.66. The first-order valence-electron chi connectivity index (χ1n) is 40.1. The molecule has 0 aromatic heterocycles. The molecule has 0 bridgehead atoms. The molecule has 0 saturated carbocycles. The second kappa shape index (κ2) is 75.0. The molecule has 19 heteroatoms. The Morgan fingerprint density at radius 3 is 0.843 bits per heavy atom. The number of esters is 4. The summed E-state index contributed by atoms with van der Waals surface area (Å²) in [5, 5.41) is 10.6. The molecular formula is C83H144O17P2.